The van der Waals surface area contributed by atoms with Crippen LogP contribution in [0.15, 0.2) is 24.3 Å². The molecule has 1 aromatic carbocycles. The molecule has 5 nitrogen and oxygen atoms in total. The van der Waals surface area contributed by atoms with Gasteiger partial charge in [0.2, 0.25) is 0 Å². The van der Waals surface area contributed by atoms with E-state index in [4.69, 9.17) is 10.4 Å². The molecule has 0 aliphatic heterocycles. The lowest BCUT2D eigenvalue weighted by molar-refractivity contribution is -0.143. The highest BCUT2D eigenvalue weighted by molar-refractivity contribution is 5.94. The van der Waals surface area contributed by atoms with Gasteiger partial charge in [-0.1, -0.05) is 12.5 Å². The molecule has 1 saturated carbocycles. The Labute approximate surface area is 117 Å². The summed E-state index contributed by atoms with van der Waals surface area (Å²) in [5.74, 6) is -1.42. The minimum atomic E-state index is -0.796. The van der Waals surface area contributed by atoms with Crippen molar-refractivity contribution in [2.24, 2.45) is 5.92 Å². The summed E-state index contributed by atoms with van der Waals surface area (Å²) in [6, 6.07) is 8.36. The van der Waals surface area contributed by atoms with Gasteiger partial charge in [-0.3, -0.25) is 9.59 Å². The highest BCUT2D eigenvalue weighted by Gasteiger charge is 2.27. The van der Waals surface area contributed by atoms with Gasteiger partial charge < -0.3 is 10.4 Å². The number of nitrogens with one attached hydrogen (secondary N) is 1. The van der Waals surface area contributed by atoms with E-state index in [0.29, 0.717) is 24.0 Å². The van der Waals surface area contributed by atoms with E-state index in [9.17, 15) is 9.59 Å². The first-order chi connectivity index (χ1) is 9.60. The third-order valence-electron chi connectivity index (χ3n) is 3.61. The summed E-state index contributed by atoms with van der Waals surface area (Å²) in [5, 5.41) is 20.7. The number of carboxylic acid groups (broad SMARTS) is 1. The molecule has 1 aliphatic rings. The lowest BCUT2D eigenvalue weighted by Gasteiger charge is -2.27. The number of carbonyl (C=O) groups is 2. The molecule has 0 saturated heterocycles. The molecule has 2 rings (SSSR count). The molecule has 0 radical (unpaired) electrons. The Hall–Kier alpha value is -2.35. The molecular formula is C15H16N2O3. The molecule has 1 fully saturated rings. The maximum absolute atomic E-state index is 12.1. The molecule has 0 spiro atoms. The average Bonchev–Trinajstić information content (AvgIpc) is 2.47. The monoisotopic (exact) mass is 272 g/mol. The quantitative estimate of drug-likeness (QED) is 0.879. The summed E-state index contributed by atoms with van der Waals surface area (Å²) in [7, 11) is 0. The van der Waals surface area contributed by atoms with Crippen LogP contribution in [-0.4, -0.2) is 23.0 Å². The molecule has 2 atom stereocenters. The Morgan fingerprint density at radius 2 is 2.15 bits per heavy atom. The number of nitriles is 1. The van der Waals surface area contributed by atoms with Crippen LogP contribution in [-0.2, 0) is 4.79 Å². The van der Waals surface area contributed by atoms with Gasteiger partial charge in [0.25, 0.3) is 5.91 Å². The Bertz CT molecular complexity index is 562. The SMILES string of the molecule is N#Cc1cccc(C(=O)NC2CCCC(C(=O)O)C2)c1. The first-order valence-corrected chi connectivity index (χ1v) is 6.64. The van der Waals surface area contributed by atoms with Crippen molar-refractivity contribution in [1.82, 2.24) is 5.32 Å². The smallest absolute Gasteiger partial charge is 0.306 e. The van der Waals surface area contributed by atoms with Crippen LogP contribution in [0.3, 0.4) is 0 Å². The van der Waals surface area contributed by atoms with Crippen molar-refractivity contribution in [3.05, 3.63) is 35.4 Å². The van der Waals surface area contributed by atoms with E-state index in [0.717, 1.165) is 12.8 Å². The lowest BCUT2D eigenvalue weighted by Crippen LogP contribution is -2.39. The molecule has 0 bridgehead atoms. The second-order valence-electron chi connectivity index (χ2n) is 5.06. The molecule has 2 unspecified atom stereocenters. The van der Waals surface area contributed by atoms with E-state index in [-0.39, 0.29) is 17.9 Å². The molecule has 2 N–H and O–H groups in total. The number of carbonyl (C=O) groups excluding carboxylic acids is 1. The van der Waals surface area contributed by atoms with Crippen molar-refractivity contribution in [2.45, 2.75) is 31.7 Å². The van der Waals surface area contributed by atoms with Gasteiger partial charge in [-0.2, -0.15) is 5.26 Å². The van der Waals surface area contributed by atoms with Gasteiger partial charge in [-0.25, -0.2) is 0 Å². The van der Waals surface area contributed by atoms with Crippen LogP contribution in [0, 0.1) is 17.2 Å². The highest BCUT2D eigenvalue weighted by Crippen LogP contribution is 2.24. The topological polar surface area (TPSA) is 90.2 Å². The maximum Gasteiger partial charge on any atom is 0.306 e. The summed E-state index contributed by atoms with van der Waals surface area (Å²) < 4.78 is 0. The molecule has 1 aliphatic carbocycles. The van der Waals surface area contributed by atoms with Crippen LogP contribution < -0.4 is 5.32 Å². The van der Waals surface area contributed by atoms with E-state index in [1.807, 2.05) is 6.07 Å². The highest BCUT2D eigenvalue weighted by atomic mass is 16.4. The molecule has 5 heteroatoms. The van der Waals surface area contributed by atoms with E-state index >= 15 is 0 Å². The number of carboxylic acids is 1. The van der Waals surface area contributed by atoms with E-state index < -0.39 is 5.97 Å². The van der Waals surface area contributed by atoms with Crippen molar-refractivity contribution < 1.29 is 14.7 Å². The van der Waals surface area contributed by atoms with Crippen LogP contribution in [0.2, 0.25) is 0 Å². The number of nitrogens with zero attached hydrogens (tertiary/aromatic N) is 1. The van der Waals surface area contributed by atoms with Gasteiger partial charge in [0, 0.05) is 11.6 Å². The Kier molecular flexibility index (Phi) is 4.36. The fourth-order valence-electron chi connectivity index (χ4n) is 2.54. The second kappa shape index (κ2) is 6.20. The maximum atomic E-state index is 12.1. The Morgan fingerprint density at radius 1 is 1.35 bits per heavy atom. The predicted octanol–water partition coefficient (Wildman–Crippen LogP) is 1.93. The molecule has 1 amide bonds. The normalized spacial score (nSPS) is 21.8. The summed E-state index contributed by atoms with van der Waals surface area (Å²) >= 11 is 0. The number of rotatable bonds is 3. The van der Waals surface area contributed by atoms with Crippen LogP contribution in [0.5, 0.6) is 0 Å². The van der Waals surface area contributed by atoms with Crippen molar-refractivity contribution >= 4 is 11.9 Å². The van der Waals surface area contributed by atoms with Crippen molar-refractivity contribution in [3.8, 4) is 6.07 Å². The second-order valence-corrected chi connectivity index (χ2v) is 5.06. The fourth-order valence-corrected chi connectivity index (χ4v) is 2.54. The molecule has 104 valence electrons. The van der Waals surface area contributed by atoms with Crippen LogP contribution >= 0.6 is 0 Å². The molecule has 0 aromatic heterocycles. The third kappa shape index (κ3) is 3.35. The summed E-state index contributed by atoms with van der Waals surface area (Å²) in [6.45, 7) is 0. The molecule has 1 aromatic rings. The molecule has 20 heavy (non-hydrogen) atoms. The summed E-state index contributed by atoms with van der Waals surface area (Å²) in [6.07, 6.45) is 2.75. The standard InChI is InChI=1S/C15H16N2O3/c16-9-10-3-1-4-11(7-10)14(18)17-13-6-2-5-12(8-13)15(19)20/h1,3-4,7,12-13H,2,5-6,8H2,(H,17,18)(H,19,20). The Morgan fingerprint density at radius 3 is 2.85 bits per heavy atom. The zero-order chi connectivity index (χ0) is 14.5. The van der Waals surface area contributed by atoms with Crippen LogP contribution in [0.4, 0.5) is 0 Å². The van der Waals surface area contributed by atoms with Crippen LogP contribution in [0.25, 0.3) is 0 Å². The number of amides is 1. The minimum Gasteiger partial charge on any atom is -0.481 e. The summed E-state index contributed by atoms with van der Waals surface area (Å²) in [4.78, 5) is 23.1. The average molecular weight is 272 g/mol. The number of benzene rings is 1. The lowest BCUT2D eigenvalue weighted by atomic mass is 9.85. The van der Waals surface area contributed by atoms with Gasteiger partial charge in [-0.15, -0.1) is 0 Å². The number of aliphatic carboxylic acids is 1. The number of hydrogen-bond acceptors (Lipinski definition) is 3. The van der Waals surface area contributed by atoms with Gasteiger partial charge in [0.1, 0.15) is 0 Å². The first kappa shape index (κ1) is 14.1. The Balaban J connectivity index is 2.00. The molecular weight excluding hydrogens is 256 g/mol. The third-order valence-corrected chi connectivity index (χ3v) is 3.61. The van der Waals surface area contributed by atoms with E-state index in [2.05, 4.69) is 5.32 Å². The largest absolute Gasteiger partial charge is 0.481 e. The summed E-state index contributed by atoms with van der Waals surface area (Å²) in [5.41, 5.74) is 0.867. The first-order valence-electron chi connectivity index (χ1n) is 6.64. The van der Waals surface area contributed by atoms with Gasteiger partial charge >= 0.3 is 5.97 Å². The van der Waals surface area contributed by atoms with Gasteiger partial charge in [0.15, 0.2) is 0 Å². The van der Waals surface area contributed by atoms with Crippen molar-refractivity contribution in [2.75, 3.05) is 0 Å². The zero-order valence-electron chi connectivity index (χ0n) is 11.0. The molecule has 0 heterocycles. The zero-order valence-corrected chi connectivity index (χ0v) is 11.0. The van der Waals surface area contributed by atoms with Crippen LogP contribution in [0.1, 0.15) is 41.6 Å². The van der Waals surface area contributed by atoms with Gasteiger partial charge in [-0.05, 0) is 37.5 Å². The predicted molar refractivity (Wildman–Crippen MR) is 72.0 cm³/mol. The van der Waals surface area contributed by atoms with E-state index in [1.54, 1.807) is 18.2 Å². The minimum absolute atomic E-state index is 0.108. The van der Waals surface area contributed by atoms with Crippen molar-refractivity contribution in [1.29, 1.82) is 5.26 Å². The van der Waals surface area contributed by atoms with E-state index in [1.165, 1.54) is 6.07 Å². The van der Waals surface area contributed by atoms with Crippen molar-refractivity contribution in [3.63, 3.8) is 0 Å². The fraction of sp³-hybridized carbons (Fsp3) is 0.400. The van der Waals surface area contributed by atoms with Gasteiger partial charge in [0.05, 0.1) is 17.6 Å². The number of hydrogen-bond donors (Lipinski definition) is 2.